The van der Waals surface area contributed by atoms with Gasteiger partial charge in [-0.25, -0.2) is 0 Å². The molecule has 0 aliphatic rings. The Labute approximate surface area is 88.3 Å². The molecule has 1 N–H and O–H groups in total. The number of halogens is 2. The van der Waals surface area contributed by atoms with Crippen molar-refractivity contribution in [3.63, 3.8) is 0 Å². The minimum absolute atomic E-state index is 0.0384. The van der Waals surface area contributed by atoms with Gasteiger partial charge in [-0.1, -0.05) is 28.3 Å². The van der Waals surface area contributed by atoms with Gasteiger partial charge in [0.15, 0.2) is 0 Å². The fourth-order valence-electron chi connectivity index (χ4n) is 0.792. The van der Waals surface area contributed by atoms with E-state index in [0.29, 0.717) is 14.2 Å². The standard InChI is InChI=1S/C6H5Cl2N3OS/c7-5-1-3(6(8)13-5)4(12)2-10-11-9/h1,4,12H,2H2/t4-/m0/s1. The van der Waals surface area contributed by atoms with Gasteiger partial charge in [-0.3, -0.25) is 0 Å². The van der Waals surface area contributed by atoms with Gasteiger partial charge in [0.2, 0.25) is 0 Å². The smallest absolute Gasteiger partial charge is 0.100 e. The van der Waals surface area contributed by atoms with Crippen molar-refractivity contribution >= 4 is 34.5 Å². The van der Waals surface area contributed by atoms with E-state index in [1.54, 1.807) is 6.07 Å². The lowest BCUT2D eigenvalue weighted by Crippen LogP contribution is -1.99. The Hall–Kier alpha value is -0.450. The highest BCUT2D eigenvalue weighted by Crippen LogP contribution is 2.34. The number of aliphatic hydroxyl groups excluding tert-OH is 1. The van der Waals surface area contributed by atoms with Crippen molar-refractivity contribution in [2.75, 3.05) is 6.54 Å². The fraction of sp³-hybridized carbons (Fsp3) is 0.333. The van der Waals surface area contributed by atoms with Crippen molar-refractivity contribution in [2.24, 2.45) is 5.11 Å². The first-order valence-corrected chi connectivity index (χ1v) is 4.86. The van der Waals surface area contributed by atoms with Crippen molar-refractivity contribution in [3.05, 3.63) is 30.7 Å². The first-order chi connectivity index (χ1) is 6.15. The normalized spacial score (nSPS) is 12.2. The van der Waals surface area contributed by atoms with Gasteiger partial charge in [-0.2, -0.15) is 0 Å². The highest BCUT2D eigenvalue weighted by atomic mass is 35.5. The molecule has 1 heterocycles. The van der Waals surface area contributed by atoms with Crippen LogP contribution < -0.4 is 0 Å². The Kier molecular flexibility index (Phi) is 3.84. The van der Waals surface area contributed by atoms with E-state index in [-0.39, 0.29) is 6.54 Å². The van der Waals surface area contributed by atoms with E-state index in [2.05, 4.69) is 10.0 Å². The third kappa shape index (κ3) is 2.76. The number of aliphatic hydroxyl groups is 1. The summed E-state index contributed by atoms with van der Waals surface area (Å²) in [5.41, 5.74) is 8.53. The molecule has 0 saturated carbocycles. The second kappa shape index (κ2) is 4.69. The maximum atomic E-state index is 9.44. The van der Waals surface area contributed by atoms with E-state index >= 15 is 0 Å². The van der Waals surface area contributed by atoms with Crippen LogP contribution in [-0.2, 0) is 0 Å². The lowest BCUT2D eigenvalue weighted by atomic mass is 10.2. The number of azide groups is 1. The molecule has 1 rings (SSSR count). The van der Waals surface area contributed by atoms with Gasteiger partial charge >= 0.3 is 0 Å². The van der Waals surface area contributed by atoms with E-state index in [4.69, 9.17) is 28.7 Å². The molecule has 1 aromatic heterocycles. The minimum Gasteiger partial charge on any atom is -0.388 e. The molecule has 4 nitrogen and oxygen atoms in total. The van der Waals surface area contributed by atoms with Gasteiger partial charge in [0.05, 0.1) is 17.0 Å². The Balaban J connectivity index is 2.81. The Bertz CT molecular complexity index is 348. The molecule has 1 aromatic rings. The second-order valence-electron chi connectivity index (χ2n) is 2.21. The summed E-state index contributed by atoms with van der Waals surface area (Å²) in [6.07, 6.45) is -0.882. The van der Waals surface area contributed by atoms with Crippen molar-refractivity contribution in [1.82, 2.24) is 0 Å². The fourth-order valence-corrected chi connectivity index (χ4v) is 2.36. The van der Waals surface area contributed by atoms with Crippen molar-refractivity contribution in [3.8, 4) is 0 Å². The Morgan fingerprint density at radius 1 is 1.69 bits per heavy atom. The molecule has 0 aliphatic carbocycles. The van der Waals surface area contributed by atoms with Crippen LogP contribution in [0.5, 0.6) is 0 Å². The zero-order valence-corrected chi connectivity index (χ0v) is 8.64. The molecule has 0 unspecified atom stereocenters. The highest BCUT2D eigenvalue weighted by Gasteiger charge is 2.13. The molecular weight excluding hydrogens is 233 g/mol. The molecular formula is C6H5Cl2N3OS. The van der Waals surface area contributed by atoms with Crippen LogP contribution in [0.4, 0.5) is 0 Å². The summed E-state index contributed by atoms with van der Waals surface area (Å²) in [7, 11) is 0. The summed E-state index contributed by atoms with van der Waals surface area (Å²) in [6.45, 7) is -0.0384. The van der Waals surface area contributed by atoms with Gasteiger partial charge in [0.25, 0.3) is 0 Å². The lowest BCUT2D eigenvalue weighted by Gasteiger charge is -2.04. The van der Waals surface area contributed by atoms with E-state index in [1.165, 1.54) is 11.3 Å². The van der Waals surface area contributed by atoms with Crippen LogP contribution in [0.2, 0.25) is 8.67 Å². The van der Waals surface area contributed by atoms with Gasteiger partial charge < -0.3 is 5.11 Å². The maximum Gasteiger partial charge on any atom is 0.100 e. The van der Waals surface area contributed by atoms with Crippen molar-refractivity contribution in [2.45, 2.75) is 6.10 Å². The highest BCUT2D eigenvalue weighted by molar-refractivity contribution is 7.20. The van der Waals surface area contributed by atoms with Crippen LogP contribution in [0.3, 0.4) is 0 Å². The number of thiophene rings is 1. The number of nitrogens with zero attached hydrogens (tertiary/aromatic N) is 3. The van der Waals surface area contributed by atoms with Gasteiger partial charge in [0, 0.05) is 10.5 Å². The number of hydrogen-bond acceptors (Lipinski definition) is 3. The topological polar surface area (TPSA) is 69.0 Å². The van der Waals surface area contributed by atoms with Crippen LogP contribution in [0.15, 0.2) is 11.2 Å². The Morgan fingerprint density at radius 3 is 2.85 bits per heavy atom. The summed E-state index contributed by atoms with van der Waals surface area (Å²) < 4.78 is 0.922. The van der Waals surface area contributed by atoms with Crippen molar-refractivity contribution in [1.29, 1.82) is 0 Å². The number of rotatable bonds is 3. The maximum absolute atomic E-state index is 9.44. The average molecular weight is 238 g/mol. The van der Waals surface area contributed by atoms with E-state index in [1.807, 2.05) is 0 Å². The lowest BCUT2D eigenvalue weighted by molar-refractivity contribution is 0.187. The van der Waals surface area contributed by atoms with Crippen LogP contribution >= 0.6 is 34.5 Å². The van der Waals surface area contributed by atoms with E-state index < -0.39 is 6.10 Å². The van der Waals surface area contributed by atoms with Crippen LogP contribution in [-0.4, -0.2) is 11.7 Å². The van der Waals surface area contributed by atoms with Crippen molar-refractivity contribution < 1.29 is 5.11 Å². The van der Waals surface area contributed by atoms with Crippen LogP contribution in [0, 0.1) is 0 Å². The summed E-state index contributed by atoms with van der Waals surface area (Å²) >= 11 is 12.6. The minimum atomic E-state index is -0.882. The molecule has 0 aliphatic heterocycles. The SMILES string of the molecule is [N-]=[N+]=NC[C@H](O)c1cc(Cl)sc1Cl. The molecule has 1 atom stereocenters. The third-order valence-corrected chi connectivity index (χ3v) is 2.88. The molecule has 0 bridgehead atoms. The second-order valence-corrected chi connectivity index (χ2v) is 4.49. The molecule has 0 fully saturated rings. The zero-order valence-electron chi connectivity index (χ0n) is 6.31. The van der Waals surface area contributed by atoms with E-state index in [9.17, 15) is 5.11 Å². The summed E-state index contributed by atoms with van der Waals surface area (Å²) in [4.78, 5) is 2.53. The first-order valence-electron chi connectivity index (χ1n) is 3.28. The monoisotopic (exact) mass is 237 g/mol. The van der Waals surface area contributed by atoms with Gasteiger partial charge in [0.1, 0.15) is 4.34 Å². The summed E-state index contributed by atoms with van der Waals surface area (Å²) in [5.74, 6) is 0. The number of hydrogen-bond donors (Lipinski definition) is 1. The van der Waals surface area contributed by atoms with Gasteiger partial charge in [-0.15, -0.1) is 11.3 Å². The predicted octanol–water partition coefficient (Wildman–Crippen LogP) is 3.40. The summed E-state index contributed by atoms with van der Waals surface area (Å²) in [6, 6.07) is 1.56. The van der Waals surface area contributed by atoms with Gasteiger partial charge in [-0.05, 0) is 11.6 Å². The van der Waals surface area contributed by atoms with E-state index in [0.717, 1.165) is 0 Å². The molecule has 70 valence electrons. The largest absolute Gasteiger partial charge is 0.388 e. The molecule has 0 spiro atoms. The quantitative estimate of drug-likeness (QED) is 0.489. The average Bonchev–Trinajstić information content (AvgIpc) is 2.41. The molecule has 0 aromatic carbocycles. The third-order valence-electron chi connectivity index (χ3n) is 1.36. The zero-order chi connectivity index (χ0) is 9.84. The predicted molar refractivity (Wildman–Crippen MR) is 53.3 cm³/mol. The Morgan fingerprint density at radius 2 is 2.38 bits per heavy atom. The summed E-state index contributed by atoms with van der Waals surface area (Å²) in [5, 5.41) is 12.7. The van der Waals surface area contributed by atoms with Crippen LogP contribution in [0.25, 0.3) is 10.4 Å². The first kappa shape index (κ1) is 10.6. The molecule has 0 amide bonds. The van der Waals surface area contributed by atoms with Crippen LogP contribution in [0.1, 0.15) is 11.7 Å². The molecule has 0 saturated heterocycles. The molecule has 13 heavy (non-hydrogen) atoms. The molecule has 7 heteroatoms. The molecule has 0 radical (unpaired) electrons.